The lowest BCUT2D eigenvalue weighted by Crippen LogP contribution is -2.60. The Morgan fingerprint density at radius 3 is 2.45 bits per heavy atom. The summed E-state index contributed by atoms with van der Waals surface area (Å²) in [6.45, 7) is 11.5. The van der Waals surface area contributed by atoms with Crippen molar-refractivity contribution in [3.05, 3.63) is 69.5 Å². The molecule has 3 aliphatic heterocycles. The summed E-state index contributed by atoms with van der Waals surface area (Å²) < 4.78 is 12.3. The number of carbonyl (C=O) groups is 4. The number of hydrogen-bond acceptors (Lipinski definition) is 10. The number of allylic oxidation sites excluding steroid dienone is 6. The minimum Gasteiger partial charge on any atom is -0.460 e. The number of piperidine rings is 1. The fourth-order valence-electron chi connectivity index (χ4n) is 7.70. The van der Waals surface area contributed by atoms with E-state index < -0.39 is 53.7 Å². The molecular formula is C44H63NO9S. The number of nitrogens with zero attached hydrogens (tertiary/aromatic N) is 1. The van der Waals surface area contributed by atoms with Crippen LogP contribution in [0.15, 0.2) is 59.7 Å². The summed E-state index contributed by atoms with van der Waals surface area (Å²) >= 11 is 1.48. The minimum atomic E-state index is -2.30. The average molecular weight is 782 g/mol. The first-order chi connectivity index (χ1) is 26.1. The van der Waals surface area contributed by atoms with Gasteiger partial charge in [-0.3, -0.25) is 14.4 Å². The molecule has 1 aromatic rings. The highest BCUT2D eigenvalue weighted by molar-refractivity contribution is 7.11. The summed E-state index contributed by atoms with van der Waals surface area (Å²) in [6, 6.07) is 2.79. The molecule has 9 atom stereocenters. The van der Waals surface area contributed by atoms with E-state index in [2.05, 4.69) is 13.0 Å². The lowest BCUT2D eigenvalue weighted by atomic mass is 9.85. The van der Waals surface area contributed by atoms with E-state index in [1.807, 2.05) is 63.3 Å². The van der Waals surface area contributed by atoms with Gasteiger partial charge in [0.1, 0.15) is 17.9 Å². The Kier molecular flexibility index (Phi) is 16.8. The number of hydrogen-bond donors (Lipinski definition) is 3. The quantitative estimate of drug-likeness (QED) is 0.168. The largest absolute Gasteiger partial charge is 0.460 e. The lowest BCUT2D eigenvalue weighted by Gasteiger charge is -2.42. The number of cyclic esters (lactones) is 1. The molecule has 55 heavy (non-hydrogen) atoms. The average Bonchev–Trinajstić information content (AvgIpc) is 3.62. The van der Waals surface area contributed by atoms with Crippen LogP contribution in [0.4, 0.5) is 0 Å². The maximum Gasteiger partial charge on any atom is 0.329 e. The molecule has 0 aliphatic carbocycles. The number of aliphatic hydroxyl groups excluding tert-OH is 2. The second kappa shape index (κ2) is 20.8. The molecule has 1 amide bonds. The smallest absolute Gasteiger partial charge is 0.329 e. The van der Waals surface area contributed by atoms with Crippen molar-refractivity contribution in [1.82, 2.24) is 4.90 Å². The van der Waals surface area contributed by atoms with Crippen LogP contribution in [0.5, 0.6) is 0 Å². The number of Topliss-reactive ketones (excluding diaryl/α,β-unsaturated/α-hetero) is 2. The second-order valence-electron chi connectivity index (χ2n) is 16.2. The molecule has 10 nitrogen and oxygen atoms in total. The summed E-state index contributed by atoms with van der Waals surface area (Å²) in [6.07, 6.45) is 15.1. The molecule has 3 N–H and O–H groups in total. The predicted molar refractivity (Wildman–Crippen MR) is 214 cm³/mol. The third-order valence-electron chi connectivity index (χ3n) is 11.6. The van der Waals surface area contributed by atoms with Gasteiger partial charge >= 0.3 is 5.97 Å². The van der Waals surface area contributed by atoms with Gasteiger partial charge in [0, 0.05) is 41.0 Å². The van der Waals surface area contributed by atoms with Crippen LogP contribution in [-0.2, 0) is 41.7 Å². The van der Waals surface area contributed by atoms with Crippen LogP contribution in [0.25, 0.3) is 0 Å². The summed E-state index contributed by atoms with van der Waals surface area (Å²) in [4.78, 5) is 58.2. The van der Waals surface area contributed by atoms with E-state index in [1.165, 1.54) is 16.2 Å². The highest BCUT2D eigenvalue weighted by atomic mass is 32.1. The molecule has 304 valence electrons. The number of amides is 1. The standard InChI is InChI=1S/C44H63NO9S/c1-28-12-8-7-9-13-29(2)24-31(4)39(48)26-38(47)30(3)16-22-40(32(5)25-35-20-21-36(27-46)55-35)53-43(51)37-14-10-11-23-45(37)42(50)41(49)44(52)33(6)17-19-34(54-44)18-15-28/h7-9,12-13,16,20-21,29,31-34,37-38,40,46-47,52H,10-11,14-15,17-19,22-27H2,1-6H3/b8-7+,13-9+,28-12+,30-16+/t29-,31?,32-,33?,34-,37?,38?,40?,44?/m1/s1. The van der Waals surface area contributed by atoms with Gasteiger partial charge in [0.15, 0.2) is 0 Å². The monoisotopic (exact) mass is 781 g/mol. The van der Waals surface area contributed by atoms with Crippen LogP contribution in [0.2, 0.25) is 0 Å². The molecular weight excluding hydrogens is 719 g/mol. The van der Waals surface area contributed by atoms with Crippen molar-refractivity contribution in [3.8, 4) is 0 Å². The third-order valence-corrected chi connectivity index (χ3v) is 12.7. The summed E-state index contributed by atoms with van der Waals surface area (Å²) in [5.74, 6) is -5.86. The number of carbonyl (C=O) groups excluding carboxylic acids is 4. The maximum atomic E-state index is 14.1. The molecule has 3 aliphatic rings. The van der Waals surface area contributed by atoms with E-state index in [-0.39, 0.29) is 49.5 Å². The lowest BCUT2D eigenvalue weighted by molar-refractivity contribution is -0.263. The van der Waals surface area contributed by atoms with Crippen LogP contribution in [0.3, 0.4) is 0 Å². The highest BCUT2D eigenvalue weighted by Gasteiger charge is 2.52. The van der Waals surface area contributed by atoms with Crippen LogP contribution in [0.1, 0.15) is 116 Å². The SMILES string of the molecule is C\C1=C/C=C/C=C/[C@@H](C)CC(C)C(=O)CC(O)/C(C)=C/CC([C@H](C)Cc2ccc(CO)s2)OC(=O)C2CCCCN2C(=O)C(=O)C2(O)O[C@H](CC1)CCC2C. The number of thiophene rings is 1. The van der Waals surface area contributed by atoms with Gasteiger partial charge in [-0.1, -0.05) is 69.7 Å². The maximum absolute atomic E-state index is 14.1. The van der Waals surface area contributed by atoms with Gasteiger partial charge in [-0.05, 0) is 101 Å². The zero-order valence-corrected chi connectivity index (χ0v) is 34.4. The Labute approximate surface area is 331 Å². The van der Waals surface area contributed by atoms with Crippen molar-refractivity contribution < 1.29 is 44.0 Å². The van der Waals surface area contributed by atoms with E-state index in [4.69, 9.17) is 9.47 Å². The van der Waals surface area contributed by atoms with Gasteiger partial charge in [0.2, 0.25) is 5.79 Å². The van der Waals surface area contributed by atoms with E-state index in [0.29, 0.717) is 63.4 Å². The van der Waals surface area contributed by atoms with Gasteiger partial charge in [-0.15, -0.1) is 11.3 Å². The number of ketones is 2. The fraction of sp³-hybridized carbons (Fsp3) is 0.636. The summed E-state index contributed by atoms with van der Waals surface area (Å²) in [5, 5.41) is 32.4. The van der Waals surface area contributed by atoms with Crippen molar-refractivity contribution >= 4 is 34.8 Å². The second-order valence-corrected chi connectivity index (χ2v) is 17.5. The summed E-state index contributed by atoms with van der Waals surface area (Å²) in [7, 11) is 0. The Morgan fingerprint density at radius 1 is 0.982 bits per heavy atom. The Balaban J connectivity index is 1.63. The van der Waals surface area contributed by atoms with Crippen LogP contribution in [0, 0.1) is 23.7 Å². The molecule has 0 saturated carbocycles. The molecule has 1 aromatic heterocycles. The van der Waals surface area contributed by atoms with Crippen LogP contribution >= 0.6 is 11.3 Å². The first kappa shape index (κ1) is 44.5. The van der Waals surface area contributed by atoms with Gasteiger partial charge < -0.3 is 29.7 Å². The topological polar surface area (TPSA) is 151 Å². The van der Waals surface area contributed by atoms with E-state index in [1.54, 1.807) is 13.8 Å². The minimum absolute atomic E-state index is 0.0221. The zero-order chi connectivity index (χ0) is 40.3. The molecule has 0 spiro atoms. The first-order valence-electron chi connectivity index (χ1n) is 20.1. The van der Waals surface area contributed by atoms with Crippen molar-refractivity contribution in [3.63, 3.8) is 0 Å². The first-order valence-corrected chi connectivity index (χ1v) is 21.0. The number of esters is 1. The Morgan fingerprint density at radius 2 is 1.73 bits per heavy atom. The highest BCUT2D eigenvalue weighted by Crippen LogP contribution is 2.36. The predicted octanol–water partition coefficient (Wildman–Crippen LogP) is 6.96. The van der Waals surface area contributed by atoms with Crippen LogP contribution < -0.4 is 0 Å². The normalized spacial score (nSPS) is 35.3. The fourth-order valence-corrected chi connectivity index (χ4v) is 8.72. The van der Waals surface area contributed by atoms with Gasteiger partial charge in [-0.25, -0.2) is 4.79 Å². The van der Waals surface area contributed by atoms with E-state index >= 15 is 0 Å². The molecule has 0 aromatic carbocycles. The van der Waals surface area contributed by atoms with Crippen molar-refractivity contribution in [2.24, 2.45) is 23.7 Å². The molecule has 6 unspecified atom stereocenters. The summed E-state index contributed by atoms with van der Waals surface area (Å²) in [5.41, 5.74) is 1.69. The third kappa shape index (κ3) is 12.4. The molecule has 2 bridgehead atoms. The van der Waals surface area contributed by atoms with Gasteiger partial charge in [-0.2, -0.15) is 0 Å². The molecule has 4 heterocycles. The van der Waals surface area contributed by atoms with E-state index in [9.17, 15) is 34.5 Å². The van der Waals surface area contributed by atoms with Crippen molar-refractivity contribution in [2.45, 2.75) is 149 Å². The zero-order valence-electron chi connectivity index (χ0n) is 33.6. The molecule has 2 saturated heterocycles. The molecule has 4 rings (SSSR count). The van der Waals surface area contributed by atoms with E-state index in [0.717, 1.165) is 15.3 Å². The Hall–Kier alpha value is -3.22. The van der Waals surface area contributed by atoms with Crippen molar-refractivity contribution in [2.75, 3.05) is 6.54 Å². The number of aliphatic hydroxyl groups is 3. The number of rotatable bonds is 4. The van der Waals surface area contributed by atoms with Crippen LogP contribution in [-0.4, -0.2) is 80.3 Å². The van der Waals surface area contributed by atoms with Crippen molar-refractivity contribution in [1.29, 1.82) is 0 Å². The molecule has 11 heteroatoms. The number of ether oxygens (including phenoxy) is 2. The van der Waals surface area contributed by atoms with Gasteiger partial charge in [0.25, 0.3) is 11.7 Å². The molecule has 2 fully saturated rings. The number of fused-ring (bicyclic) bond motifs is 3. The Bertz CT molecular complexity index is 1610. The van der Waals surface area contributed by atoms with Gasteiger partial charge in [0.05, 0.1) is 18.8 Å². The molecule has 0 radical (unpaired) electrons.